The van der Waals surface area contributed by atoms with Crippen LogP contribution in [0.15, 0.2) is 0 Å². The quantitative estimate of drug-likeness (QED) is 0.422. The Kier molecular flexibility index (Phi) is 0.0633. The molecule has 2 unspecified atom stereocenters. The van der Waals surface area contributed by atoms with Crippen molar-refractivity contribution in [3.63, 3.8) is 0 Å². The minimum atomic E-state index is -1.78. The Morgan fingerprint density at radius 1 is 2.50 bits per heavy atom. The zero-order valence-electron chi connectivity index (χ0n) is 6.15. The number of nitrogens with two attached hydrogens (primary N) is 1. The molecule has 0 aromatic carbocycles. The van der Waals surface area contributed by atoms with Crippen molar-refractivity contribution >= 4 is 0 Å². The first kappa shape index (κ1) is 0.548. The van der Waals surface area contributed by atoms with Crippen molar-refractivity contribution in [2.24, 2.45) is 5.73 Å². The summed E-state index contributed by atoms with van der Waals surface area (Å²) in [5.74, 6) is 0. The predicted octanol–water partition coefficient (Wildman–Crippen LogP) is 0.108. The number of hydrogen-bond acceptors (Lipinski definition) is 1. The van der Waals surface area contributed by atoms with Crippen LogP contribution in [0.4, 0.5) is 0 Å². The summed E-state index contributed by atoms with van der Waals surface area (Å²) in [7, 11) is 0. The van der Waals surface area contributed by atoms with Gasteiger partial charge in [-0.15, -0.1) is 0 Å². The Bertz CT molecular complexity index is 106. The average molecular weight is 61.1 g/mol. The minimum Gasteiger partial charge on any atom is -0.328 e. The van der Waals surface area contributed by atoms with Gasteiger partial charge < -0.3 is 5.73 Å². The second kappa shape index (κ2) is 0.462. The molecule has 0 spiro atoms. The summed E-state index contributed by atoms with van der Waals surface area (Å²) < 4.78 is 27.3. The highest BCUT2D eigenvalue weighted by Gasteiger charge is 2.13. The molecule has 4 heavy (non-hydrogen) atoms. The molecule has 0 aliphatic heterocycles. The van der Waals surface area contributed by atoms with Gasteiger partial charge in [0.1, 0.15) is 0 Å². The molecule has 24 valence electrons. The van der Waals surface area contributed by atoms with Gasteiger partial charge in [0.15, 0.2) is 0 Å². The summed E-state index contributed by atoms with van der Waals surface area (Å²) in [6.07, 6.45) is -2.84. The van der Waals surface area contributed by atoms with E-state index in [1.54, 1.807) is 0 Å². The molecule has 1 aliphatic carbocycles. The van der Waals surface area contributed by atoms with Crippen molar-refractivity contribution < 1.29 is 5.48 Å². The highest BCUT2D eigenvalue weighted by molar-refractivity contribution is 4.75. The highest BCUT2D eigenvalue weighted by Crippen LogP contribution is 2.13. The van der Waals surface area contributed by atoms with Crippen molar-refractivity contribution in [3.05, 3.63) is 0 Å². The van der Waals surface area contributed by atoms with Gasteiger partial charge in [-0.1, -0.05) is 0 Å². The van der Waals surface area contributed by atoms with Crippen LogP contribution in [0.3, 0.4) is 0 Å². The van der Waals surface area contributed by atoms with Crippen LogP contribution in [0.25, 0.3) is 0 Å². The number of hydrogen-bond donors (Lipinski definition) is 1. The van der Waals surface area contributed by atoms with Gasteiger partial charge in [0.05, 0.1) is 0 Å². The third kappa shape index (κ3) is 0.206. The van der Waals surface area contributed by atoms with Crippen LogP contribution in [0.2, 0.25) is 0 Å². The van der Waals surface area contributed by atoms with E-state index >= 15 is 0 Å². The number of rotatable bonds is 0. The average Bonchev–Trinajstić information content (AvgIpc) is 1.88. The molecule has 1 heteroatoms. The van der Waals surface area contributed by atoms with E-state index in [0.717, 1.165) is 0 Å². The Morgan fingerprint density at radius 3 is 2.75 bits per heavy atom. The zero-order valence-corrected chi connectivity index (χ0v) is 2.15. The first-order valence-electron chi connectivity index (χ1n) is 3.19. The van der Waals surface area contributed by atoms with Crippen molar-refractivity contribution in [1.82, 2.24) is 0 Å². The SMILES string of the molecule is [2H]C1C([2H])([2H])C1([2H])N. The van der Waals surface area contributed by atoms with Crippen molar-refractivity contribution in [3.8, 4) is 0 Å². The van der Waals surface area contributed by atoms with E-state index in [1.165, 1.54) is 0 Å². The lowest BCUT2D eigenvalue weighted by molar-refractivity contribution is 1.07. The summed E-state index contributed by atoms with van der Waals surface area (Å²) in [5.41, 5.74) is 4.99. The standard InChI is InChI=1S/C3H7N/c4-3-1-2-3/h3H,1-2,4H2/i1D,2D2,3D. The molecular weight excluding hydrogens is 50.0 g/mol. The molecule has 0 radical (unpaired) electrons. The lowest BCUT2D eigenvalue weighted by Gasteiger charge is -1.58. The largest absolute Gasteiger partial charge is 0.328 e. The maximum Gasteiger partial charge on any atom is 0.0462 e. The summed E-state index contributed by atoms with van der Waals surface area (Å²) in [6.45, 7) is 0. The third-order valence-electron chi connectivity index (χ3n) is 0.311. The molecule has 2 atom stereocenters. The molecular formula is C3H7N. The van der Waals surface area contributed by atoms with Crippen LogP contribution >= 0.6 is 0 Å². The summed E-state index contributed by atoms with van der Waals surface area (Å²) in [6, 6.07) is -1.65. The maximum atomic E-state index is 6.87. The molecule has 1 rings (SSSR count). The monoisotopic (exact) mass is 61.1 g/mol. The van der Waals surface area contributed by atoms with E-state index in [1.807, 2.05) is 0 Å². The molecule has 1 nitrogen and oxygen atoms in total. The fourth-order valence-electron chi connectivity index (χ4n) is 0.0417. The van der Waals surface area contributed by atoms with E-state index in [9.17, 15) is 0 Å². The fraction of sp³-hybridized carbons (Fsp3) is 1.00. The van der Waals surface area contributed by atoms with Crippen LogP contribution in [-0.4, -0.2) is 6.02 Å². The Balaban J connectivity index is 2.72. The Hall–Kier alpha value is -0.0400. The van der Waals surface area contributed by atoms with E-state index < -0.39 is 18.8 Å². The molecule has 1 saturated carbocycles. The zero-order chi connectivity index (χ0) is 6.58. The van der Waals surface area contributed by atoms with Gasteiger partial charge in [-0.05, 0) is 12.8 Å². The highest BCUT2D eigenvalue weighted by atomic mass is 14.7. The molecule has 0 heterocycles. The van der Waals surface area contributed by atoms with Crippen molar-refractivity contribution in [1.29, 1.82) is 0 Å². The van der Waals surface area contributed by atoms with Crippen LogP contribution in [0.5, 0.6) is 0 Å². The fourth-order valence-corrected chi connectivity index (χ4v) is 0.0417. The molecule has 1 fully saturated rings. The van der Waals surface area contributed by atoms with Crippen LogP contribution in [-0.2, 0) is 0 Å². The molecule has 0 aromatic heterocycles. The van der Waals surface area contributed by atoms with Gasteiger partial charge in [-0.2, -0.15) is 0 Å². The topological polar surface area (TPSA) is 26.0 Å². The Morgan fingerprint density at radius 2 is 2.75 bits per heavy atom. The molecule has 0 amide bonds. The normalized spacial score (nSPS) is 104. The lowest BCUT2D eigenvalue weighted by atomic mass is 10.8. The second-order valence-electron chi connectivity index (χ2n) is 0.744. The molecule has 2 N–H and O–H groups in total. The van der Waals surface area contributed by atoms with E-state index in [2.05, 4.69) is 0 Å². The first-order chi connectivity index (χ1) is 3.40. The molecule has 0 saturated heterocycles. The smallest absolute Gasteiger partial charge is 0.0462 e. The van der Waals surface area contributed by atoms with Gasteiger partial charge in [0.2, 0.25) is 0 Å². The van der Waals surface area contributed by atoms with Gasteiger partial charge in [0, 0.05) is 11.5 Å². The predicted molar refractivity (Wildman–Crippen MR) is 17.2 cm³/mol. The minimum absolute atomic E-state index is 1.06. The molecule has 0 aromatic rings. The lowest BCUT2D eigenvalue weighted by Crippen LogP contribution is -1.94. The van der Waals surface area contributed by atoms with E-state index in [-0.39, 0.29) is 0 Å². The van der Waals surface area contributed by atoms with Gasteiger partial charge in [-0.25, -0.2) is 0 Å². The summed E-state index contributed by atoms with van der Waals surface area (Å²) >= 11 is 0. The maximum absolute atomic E-state index is 6.87. The summed E-state index contributed by atoms with van der Waals surface area (Å²) in [5, 5.41) is 0. The molecule has 1 aliphatic rings. The second-order valence-corrected chi connectivity index (χ2v) is 0.744. The van der Waals surface area contributed by atoms with E-state index in [4.69, 9.17) is 11.2 Å². The van der Waals surface area contributed by atoms with Gasteiger partial charge >= 0.3 is 0 Å². The van der Waals surface area contributed by atoms with Crippen molar-refractivity contribution in [2.75, 3.05) is 0 Å². The third-order valence-corrected chi connectivity index (χ3v) is 0.311. The summed E-state index contributed by atoms with van der Waals surface area (Å²) in [4.78, 5) is 0. The van der Waals surface area contributed by atoms with Gasteiger partial charge in [0.25, 0.3) is 0 Å². The molecule has 0 bridgehead atoms. The van der Waals surface area contributed by atoms with Crippen LogP contribution < -0.4 is 5.73 Å². The van der Waals surface area contributed by atoms with Gasteiger partial charge in [-0.3, -0.25) is 0 Å². The first-order valence-corrected chi connectivity index (χ1v) is 1.12. The Labute approximate surface area is 31.4 Å². The van der Waals surface area contributed by atoms with E-state index in [0.29, 0.717) is 0 Å². The van der Waals surface area contributed by atoms with Crippen molar-refractivity contribution in [2.45, 2.75) is 18.8 Å². The van der Waals surface area contributed by atoms with Crippen LogP contribution in [0.1, 0.15) is 18.3 Å². The van der Waals surface area contributed by atoms with Crippen LogP contribution in [0, 0.1) is 0 Å².